The fourth-order valence-corrected chi connectivity index (χ4v) is 5.43. The zero-order valence-electron chi connectivity index (χ0n) is 21.9. The largest absolute Gasteiger partial charge is 0.404 e. The number of allylic oxidation sites excluding steroid dienone is 5. The SMILES string of the molecule is C=C/C(=C\N)c1ccc2c3ccc4cc(-c5ccc(/C(C=C)=C/C)nc5)ccc4c3n(-c3ccccc3)c2c1. The van der Waals surface area contributed by atoms with E-state index < -0.39 is 0 Å². The van der Waals surface area contributed by atoms with Crippen molar-refractivity contribution in [2.24, 2.45) is 5.73 Å². The second kappa shape index (κ2) is 9.96. The second-order valence-corrected chi connectivity index (χ2v) is 9.51. The molecule has 0 aliphatic heterocycles. The molecule has 4 aromatic carbocycles. The summed E-state index contributed by atoms with van der Waals surface area (Å²) in [6.45, 7) is 9.83. The van der Waals surface area contributed by atoms with Gasteiger partial charge in [-0.1, -0.05) is 92.0 Å². The predicted octanol–water partition coefficient (Wildman–Crippen LogP) is 9.07. The van der Waals surface area contributed by atoms with Gasteiger partial charge < -0.3 is 10.3 Å². The van der Waals surface area contributed by atoms with Crippen molar-refractivity contribution in [1.29, 1.82) is 0 Å². The van der Waals surface area contributed by atoms with Gasteiger partial charge in [0.15, 0.2) is 0 Å². The Hall–Kier alpha value is -5.15. The number of rotatable bonds is 6. The van der Waals surface area contributed by atoms with Gasteiger partial charge in [-0.2, -0.15) is 0 Å². The first-order valence-corrected chi connectivity index (χ1v) is 13.0. The Kier molecular flexibility index (Phi) is 6.18. The third kappa shape index (κ3) is 4.05. The Morgan fingerprint density at radius 1 is 0.769 bits per heavy atom. The molecule has 188 valence electrons. The molecule has 0 radical (unpaired) electrons. The lowest BCUT2D eigenvalue weighted by Crippen LogP contribution is -1.95. The van der Waals surface area contributed by atoms with Crippen LogP contribution in [-0.2, 0) is 0 Å². The molecule has 0 unspecified atom stereocenters. The Morgan fingerprint density at radius 3 is 2.21 bits per heavy atom. The maximum atomic E-state index is 5.91. The molecule has 0 saturated carbocycles. The average molecular weight is 504 g/mol. The van der Waals surface area contributed by atoms with Crippen LogP contribution < -0.4 is 5.73 Å². The lowest BCUT2D eigenvalue weighted by atomic mass is 9.99. The molecule has 0 amide bonds. The summed E-state index contributed by atoms with van der Waals surface area (Å²) < 4.78 is 2.36. The summed E-state index contributed by atoms with van der Waals surface area (Å²) in [5.74, 6) is 0. The first-order chi connectivity index (χ1) is 19.2. The van der Waals surface area contributed by atoms with E-state index in [4.69, 9.17) is 5.73 Å². The van der Waals surface area contributed by atoms with Gasteiger partial charge in [0.2, 0.25) is 0 Å². The number of para-hydroxylation sites is 1. The highest BCUT2D eigenvalue weighted by Crippen LogP contribution is 2.38. The van der Waals surface area contributed by atoms with Gasteiger partial charge in [-0.25, -0.2) is 0 Å². The van der Waals surface area contributed by atoms with Crippen molar-refractivity contribution in [2.45, 2.75) is 6.92 Å². The third-order valence-corrected chi connectivity index (χ3v) is 7.41. The van der Waals surface area contributed by atoms with E-state index in [0.717, 1.165) is 44.7 Å². The summed E-state index contributed by atoms with van der Waals surface area (Å²) in [5, 5.41) is 4.79. The van der Waals surface area contributed by atoms with Crippen molar-refractivity contribution in [3.63, 3.8) is 0 Å². The molecule has 3 heteroatoms. The number of aromatic nitrogens is 2. The fourth-order valence-electron chi connectivity index (χ4n) is 5.43. The van der Waals surface area contributed by atoms with E-state index in [-0.39, 0.29) is 0 Å². The first kappa shape index (κ1) is 24.2. The van der Waals surface area contributed by atoms with Gasteiger partial charge in [0.25, 0.3) is 0 Å². The van der Waals surface area contributed by atoms with Crippen molar-refractivity contribution in [2.75, 3.05) is 0 Å². The number of nitrogens with zero attached hydrogens (tertiary/aromatic N) is 2. The molecule has 2 aromatic heterocycles. The molecule has 0 aliphatic carbocycles. The molecule has 0 atom stereocenters. The number of nitrogens with two attached hydrogens (primary N) is 1. The van der Waals surface area contributed by atoms with Crippen LogP contribution in [0, 0.1) is 0 Å². The Morgan fingerprint density at radius 2 is 1.51 bits per heavy atom. The zero-order chi connectivity index (χ0) is 26.9. The molecule has 39 heavy (non-hydrogen) atoms. The molecular weight excluding hydrogens is 474 g/mol. The van der Waals surface area contributed by atoms with E-state index in [2.05, 4.69) is 108 Å². The molecule has 0 spiro atoms. The van der Waals surface area contributed by atoms with E-state index in [1.54, 1.807) is 12.3 Å². The number of hydrogen-bond donors (Lipinski definition) is 1. The third-order valence-electron chi connectivity index (χ3n) is 7.41. The molecule has 3 nitrogen and oxygen atoms in total. The van der Waals surface area contributed by atoms with Gasteiger partial charge >= 0.3 is 0 Å². The molecule has 0 fully saturated rings. The van der Waals surface area contributed by atoms with Crippen LogP contribution in [0.5, 0.6) is 0 Å². The summed E-state index contributed by atoms with van der Waals surface area (Å²) in [5.41, 5.74) is 15.5. The zero-order valence-corrected chi connectivity index (χ0v) is 21.9. The van der Waals surface area contributed by atoms with E-state index in [1.807, 2.05) is 31.3 Å². The van der Waals surface area contributed by atoms with Gasteiger partial charge in [0.05, 0.1) is 16.7 Å². The van der Waals surface area contributed by atoms with Crippen LogP contribution in [0.15, 0.2) is 135 Å². The molecule has 0 bridgehead atoms. The summed E-state index contributed by atoms with van der Waals surface area (Å²) in [7, 11) is 0. The average Bonchev–Trinajstić information content (AvgIpc) is 3.33. The van der Waals surface area contributed by atoms with Crippen molar-refractivity contribution in [3.8, 4) is 16.8 Å². The number of pyridine rings is 1. The molecule has 2 N–H and O–H groups in total. The van der Waals surface area contributed by atoms with E-state index in [1.165, 1.54) is 27.1 Å². The summed E-state index contributed by atoms with van der Waals surface area (Å²) in [6.07, 6.45) is 9.20. The molecule has 0 saturated heterocycles. The minimum atomic E-state index is 0.908. The molecular formula is C36H29N3. The first-order valence-electron chi connectivity index (χ1n) is 13.0. The second-order valence-electron chi connectivity index (χ2n) is 9.51. The van der Waals surface area contributed by atoms with Crippen LogP contribution in [0.1, 0.15) is 18.2 Å². The summed E-state index contributed by atoms with van der Waals surface area (Å²) >= 11 is 0. The van der Waals surface area contributed by atoms with E-state index >= 15 is 0 Å². The Labute approximate surface area is 228 Å². The van der Waals surface area contributed by atoms with Gasteiger partial charge in [-0.15, -0.1) is 0 Å². The molecule has 6 aromatic rings. The molecule has 0 aliphatic rings. The number of benzene rings is 4. The Balaban J connectivity index is 1.59. The van der Waals surface area contributed by atoms with Gasteiger partial charge in [-0.05, 0) is 64.9 Å². The fraction of sp³-hybridized carbons (Fsp3) is 0.0278. The van der Waals surface area contributed by atoms with Gasteiger partial charge in [0, 0.05) is 39.8 Å². The highest BCUT2D eigenvalue weighted by molar-refractivity contribution is 6.19. The lowest BCUT2D eigenvalue weighted by molar-refractivity contribution is 1.19. The minimum Gasteiger partial charge on any atom is -0.404 e. The highest BCUT2D eigenvalue weighted by atomic mass is 15.0. The van der Waals surface area contributed by atoms with Gasteiger partial charge in [0.1, 0.15) is 0 Å². The predicted molar refractivity (Wildman–Crippen MR) is 168 cm³/mol. The highest BCUT2D eigenvalue weighted by Gasteiger charge is 2.16. The monoisotopic (exact) mass is 503 g/mol. The number of fused-ring (bicyclic) bond motifs is 5. The normalized spacial score (nSPS) is 12.3. The maximum Gasteiger partial charge on any atom is 0.0698 e. The van der Waals surface area contributed by atoms with E-state index in [9.17, 15) is 0 Å². The van der Waals surface area contributed by atoms with Crippen LogP contribution >= 0.6 is 0 Å². The van der Waals surface area contributed by atoms with Crippen molar-refractivity contribution in [1.82, 2.24) is 9.55 Å². The number of hydrogen-bond acceptors (Lipinski definition) is 2. The maximum absolute atomic E-state index is 5.91. The molecule has 2 heterocycles. The van der Waals surface area contributed by atoms with Crippen molar-refractivity contribution < 1.29 is 0 Å². The summed E-state index contributed by atoms with van der Waals surface area (Å²) in [4.78, 5) is 4.68. The smallest absolute Gasteiger partial charge is 0.0698 e. The summed E-state index contributed by atoms with van der Waals surface area (Å²) in [6, 6.07) is 32.3. The van der Waals surface area contributed by atoms with Crippen LogP contribution in [0.4, 0.5) is 0 Å². The lowest BCUT2D eigenvalue weighted by Gasteiger charge is -2.11. The van der Waals surface area contributed by atoms with Crippen LogP contribution in [0.2, 0.25) is 0 Å². The Bertz CT molecular complexity index is 1940. The van der Waals surface area contributed by atoms with Crippen LogP contribution in [0.3, 0.4) is 0 Å². The van der Waals surface area contributed by atoms with Gasteiger partial charge in [-0.3, -0.25) is 4.98 Å². The topological polar surface area (TPSA) is 43.8 Å². The van der Waals surface area contributed by atoms with Crippen molar-refractivity contribution in [3.05, 3.63) is 146 Å². The minimum absolute atomic E-state index is 0.908. The standard InChI is InChI=1S/C36H29N3/c1-4-24(5-2)34-19-15-29(23-38-34)26-12-16-31-28(20-26)14-18-33-32-17-13-27(25(6-3)22-37)21-35(32)39(36(31)33)30-10-8-7-9-11-30/h4-23H,1,3,37H2,2H3/b24-5+,25-22+. The van der Waals surface area contributed by atoms with Crippen LogP contribution in [0.25, 0.3) is 60.5 Å². The van der Waals surface area contributed by atoms with Crippen LogP contribution in [-0.4, -0.2) is 9.55 Å². The molecule has 6 rings (SSSR count). The van der Waals surface area contributed by atoms with Crippen molar-refractivity contribution >= 4 is 43.7 Å². The van der Waals surface area contributed by atoms with E-state index in [0.29, 0.717) is 0 Å². The quantitative estimate of drug-likeness (QED) is 0.230.